The monoisotopic (exact) mass is 198 g/mol. The molecule has 0 aliphatic carbocycles. The van der Waals surface area contributed by atoms with E-state index in [-0.39, 0.29) is 0 Å². The van der Waals surface area contributed by atoms with E-state index in [1.165, 1.54) is 6.92 Å². The Hall–Kier alpha value is -0.130. The van der Waals surface area contributed by atoms with E-state index in [4.69, 9.17) is 10.2 Å². The predicted octanol–water partition coefficient (Wildman–Crippen LogP) is -0.419. The van der Waals surface area contributed by atoms with Crippen molar-refractivity contribution in [3.8, 4) is 0 Å². The lowest BCUT2D eigenvalue weighted by atomic mass is 10.2. The highest BCUT2D eigenvalue weighted by Crippen LogP contribution is 1.97. The molecule has 0 fully saturated rings. The maximum absolute atomic E-state index is 10.3. The lowest BCUT2D eigenvalue weighted by Crippen LogP contribution is -2.31. The van der Waals surface area contributed by atoms with Crippen molar-refractivity contribution < 1.29 is 18.8 Å². The van der Waals surface area contributed by atoms with Crippen LogP contribution in [0.3, 0.4) is 0 Å². The molecule has 4 nitrogen and oxygen atoms in total. The maximum Gasteiger partial charge on any atom is 0.349 e. The third-order valence-electron chi connectivity index (χ3n) is 0.774. The van der Waals surface area contributed by atoms with Crippen LogP contribution in [0.5, 0.6) is 0 Å². The van der Waals surface area contributed by atoms with Gasteiger partial charge in [-0.1, -0.05) is 0 Å². The molecule has 2 atom stereocenters. The van der Waals surface area contributed by atoms with Crippen LogP contribution in [0.15, 0.2) is 0 Å². The number of carbonyl (C=O) groups excluding carboxylic acids is 1. The zero-order chi connectivity index (χ0) is 7.44. The van der Waals surface area contributed by atoms with Gasteiger partial charge in [-0.25, -0.2) is 4.79 Å². The average molecular weight is 199 g/mol. The summed E-state index contributed by atoms with van der Waals surface area (Å²) in [5, 5.41) is 17.2. The van der Waals surface area contributed by atoms with Crippen LogP contribution in [0.2, 0.25) is 0 Å². The zero-order valence-corrected chi connectivity index (χ0v) is 6.33. The van der Waals surface area contributed by atoms with Crippen molar-refractivity contribution >= 4 is 22.2 Å². The minimum Gasteiger partial charge on any atom is -0.390 e. The summed E-state index contributed by atoms with van der Waals surface area (Å²) in [5.74, 6) is -0.898. The minimum atomic E-state index is -1.47. The highest BCUT2D eigenvalue weighted by molar-refractivity contribution is 9.06. The molecule has 0 saturated heterocycles. The third-order valence-corrected chi connectivity index (χ3v) is 1.09. The Balaban J connectivity index is 3.72. The van der Waals surface area contributed by atoms with E-state index in [9.17, 15) is 4.79 Å². The quantitative estimate of drug-likeness (QED) is 0.633. The highest BCUT2D eigenvalue weighted by Gasteiger charge is 2.21. The van der Waals surface area contributed by atoms with Gasteiger partial charge in [0.25, 0.3) is 0 Å². The summed E-state index contributed by atoms with van der Waals surface area (Å²) in [4.78, 5) is 10.3. The van der Waals surface area contributed by atoms with Gasteiger partial charge in [0, 0.05) is 0 Å². The molecule has 0 aromatic rings. The molecule has 0 aromatic carbocycles. The van der Waals surface area contributed by atoms with Crippen molar-refractivity contribution in [1.82, 2.24) is 0 Å². The molecule has 0 aliphatic rings. The number of rotatable bonds is 2. The van der Waals surface area contributed by atoms with Gasteiger partial charge in [0.2, 0.25) is 0 Å². The van der Waals surface area contributed by atoms with Gasteiger partial charge in [0.1, 0.15) is 0 Å². The summed E-state index contributed by atoms with van der Waals surface area (Å²) in [6, 6.07) is 0. The Morgan fingerprint density at radius 2 is 2.11 bits per heavy atom. The molecule has 2 N–H and O–H groups in total. The molecule has 0 amide bonds. The Kier molecular flexibility index (Phi) is 3.76. The summed E-state index contributed by atoms with van der Waals surface area (Å²) in [7, 11) is 0. The Labute approximate surface area is 60.9 Å². The van der Waals surface area contributed by atoms with Crippen molar-refractivity contribution in [3.63, 3.8) is 0 Å². The fourth-order valence-electron chi connectivity index (χ4n) is 0.243. The molecular weight excluding hydrogens is 192 g/mol. The molecule has 0 rings (SSSR count). The van der Waals surface area contributed by atoms with Gasteiger partial charge in [-0.15, -0.1) is 0 Å². The molecule has 0 saturated carbocycles. The molecule has 0 aromatic heterocycles. The largest absolute Gasteiger partial charge is 0.390 e. The Morgan fingerprint density at radius 3 is 2.22 bits per heavy atom. The first-order chi connectivity index (χ1) is 4.09. The normalized spacial score (nSPS) is 16.4. The van der Waals surface area contributed by atoms with Gasteiger partial charge >= 0.3 is 5.97 Å². The second-order valence-electron chi connectivity index (χ2n) is 1.58. The molecule has 5 heteroatoms. The Morgan fingerprint density at radius 1 is 1.67 bits per heavy atom. The van der Waals surface area contributed by atoms with Crippen LogP contribution in [0.25, 0.3) is 0 Å². The number of halogens is 1. The second kappa shape index (κ2) is 3.81. The van der Waals surface area contributed by atoms with E-state index >= 15 is 0 Å². The summed E-state index contributed by atoms with van der Waals surface area (Å²) in [5.41, 5.74) is 0. The lowest BCUT2D eigenvalue weighted by Gasteiger charge is -2.07. The van der Waals surface area contributed by atoms with Crippen LogP contribution in [-0.4, -0.2) is 28.4 Å². The molecular formula is C4H7BrO4. The predicted molar refractivity (Wildman–Crippen MR) is 32.7 cm³/mol. The maximum atomic E-state index is 10.3. The summed E-state index contributed by atoms with van der Waals surface area (Å²) >= 11 is 2.36. The topological polar surface area (TPSA) is 66.8 Å². The van der Waals surface area contributed by atoms with Crippen LogP contribution < -0.4 is 0 Å². The third kappa shape index (κ3) is 2.78. The number of aliphatic hydroxyl groups is 2. The van der Waals surface area contributed by atoms with Gasteiger partial charge in [-0.2, -0.15) is 0 Å². The fraction of sp³-hybridized carbons (Fsp3) is 0.750. The standard InChI is InChI=1S/C4H7BrO4/c1-2(6)3(7)4(8)9-5/h2-3,6-7H,1H3. The van der Waals surface area contributed by atoms with Crippen LogP contribution in [0, 0.1) is 0 Å². The number of hydrogen-bond donors (Lipinski definition) is 2. The van der Waals surface area contributed by atoms with E-state index in [2.05, 4.69) is 20.1 Å². The summed E-state index contributed by atoms with van der Waals surface area (Å²) in [6.45, 7) is 1.29. The number of hydrogen-bond acceptors (Lipinski definition) is 4. The molecule has 2 unspecified atom stereocenters. The molecule has 54 valence electrons. The van der Waals surface area contributed by atoms with Gasteiger partial charge in [-0.3, -0.25) is 0 Å². The van der Waals surface area contributed by atoms with E-state index in [0.717, 1.165) is 0 Å². The van der Waals surface area contributed by atoms with Gasteiger partial charge < -0.3 is 14.0 Å². The first-order valence-corrected chi connectivity index (χ1v) is 2.93. The van der Waals surface area contributed by atoms with Gasteiger partial charge in [0.05, 0.1) is 6.10 Å². The minimum absolute atomic E-state index is 0.898. The van der Waals surface area contributed by atoms with Crippen LogP contribution >= 0.6 is 16.3 Å². The number of carbonyl (C=O) groups is 1. The first-order valence-electron chi connectivity index (χ1n) is 2.28. The Bertz CT molecular complexity index is 103. The number of aliphatic hydroxyl groups excluding tert-OH is 2. The molecule has 0 spiro atoms. The van der Waals surface area contributed by atoms with Crippen molar-refractivity contribution in [2.24, 2.45) is 0 Å². The smallest absolute Gasteiger partial charge is 0.349 e. The van der Waals surface area contributed by atoms with Crippen molar-refractivity contribution in [2.45, 2.75) is 19.1 Å². The molecule has 0 heterocycles. The van der Waals surface area contributed by atoms with Crippen molar-refractivity contribution in [1.29, 1.82) is 0 Å². The highest BCUT2D eigenvalue weighted by atomic mass is 79.9. The zero-order valence-electron chi connectivity index (χ0n) is 4.74. The second-order valence-corrected chi connectivity index (χ2v) is 1.91. The van der Waals surface area contributed by atoms with Crippen molar-refractivity contribution in [3.05, 3.63) is 0 Å². The molecule has 9 heavy (non-hydrogen) atoms. The van der Waals surface area contributed by atoms with Crippen LogP contribution in [0.1, 0.15) is 6.92 Å². The fourth-order valence-corrected chi connectivity index (χ4v) is 0.434. The SMILES string of the molecule is CC(O)C(O)C(=O)OBr. The van der Waals surface area contributed by atoms with E-state index in [0.29, 0.717) is 0 Å². The average Bonchev–Trinajstić information content (AvgIpc) is 1.84. The van der Waals surface area contributed by atoms with Crippen molar-refractivity contribution in [2.75, 3.05) is 0 Å². The lowest BCUT2D eigenvalue weighted by molar-refractivity contribution is -0.146. The van der Waals surface area contributed by atoms with Gasteiger partial charge in [-0.05, 0) is 6.92 Å². The van der Waals surface area contributed by atoms with E-state index in [1.54, 1.807) is 0 Å². The van der Waals surface area contributed by atoms with Gasteiger partial charge in [0.15, 0.2) is 22.4 Å². The van der Waals surface area contributed by atoms with Crippen LogP contribution in [0.4, 0.5) is 0 Å². The van der Waals surface area contributed by atoms with E-state index in [1.807, 2.05) is 0 Å². The molecule has 0 bridgehead atoms. The molecule has 0 aliphatic heterocycles. The van der Waals surface area contributed by atoms with E-state index < -0.39 is 18.2 Å². The van der Waals surface area contributed by atoms with Crippen LogP contribution in [-0.2, 0) is 8.62 Å². The first kappa shape index (κ1) is 8.87. The molecule has 0 radical (unpaired) electrons. The summed E-state index contributed by atoms with van der Waals surface area (Å²) in [6.07, 6.45) is -2.57. The summed E-state index contributed by atoms with van der Waals surface area (Å²) < 4.78 is 3.94.